The average molecular weight is 491 g/mol. The molecule has 1 spiro atoms. The van der Waals surface area contributed by atoms with Gasteiger partial charge in [-0.3, -0.25) is 19.3 Å². The van der Waals surface area contributed by atoms with Crippen LogP contribution in [0.5, 0.6) is 0 Å². The molecule has 0 aromatic heterocycles. The molecule has 3 amide bonds. The smallest absolute Gasteiger partial charge is 0.250 e. The molecule has 9 heteroatoms. The minimum Gasteiger partial charge on any atom is -0.323 e. The number of benzene rings is 2. The summed E-state index contributed by atoms with van der Waals surface area (Å²) in [6.07, 6.45) is 1.60. The molecular weight excluding hydrogens is 473 g/mol. The van der Waals surface area contributed by atoms with Crippen molar-refractivity contribution in [3.05, 3.63) is 56.5 Å². The Kier molecular flexibility index (Phi) is 4.29. The van der Waals surface area contributed by atoms with Crippen LogP contribution >= 0.6 is 34.8 Å². The van der Waals surface area contributed by atoms with Gasteiger partial charge in [-0.05, 0) is 56.1 Å². The lowest BCUT2D eigenvalue weighted by molar-refractivity contribution is -0.135. The molecule has 0 unspecified atom stereocenters. The van der Waals surface area contributed by atoms with Crippen LogP contribution in [-0.2, 0) is 19.9 Å². The number of carbonyl (C=O) groups excluding carboxylic acids is 3. The van der Waals surface area contributed by atoms with E-state index < -0.39 is 23.3 Å². The fraction of sp³-hybridized carbons (Fsp3) is 0.348. The van der Waals surface area contributed by atoms with Crippen molar-refractivity contribution in [2.45, 2.75) is 31.3 Å². The van der Waals surface area contributed by atoms with Crippen LogP contribution < -0.4 is 10.2 Å². The van der Waals surface area contributed by atoms with Crippen molar-refractivity contribution in [1.82, 2.24) is 4.90 Å². The van der Waals surface area contributed by atoms with E-state index in [1.807, 2.05) is 13.0 Å². The van der Waals surface area contributed by atoms with Crippen LogP contribution in [0.2, 0.25) is 15.1 Å². The molecule has 0 radical (unpaired) electrons. The van der Waals surface area contributed by atoms with Crippen molar-refractivity contribution in [2.75, 3.05) is 16.8 Å². The van der Waals surface area contributed by atoms with Gasteiger partial charge in [0.25, 0.3) is 5.91 Å². The molecule has 2 aromatic rings. The van der Waals surface area contributed by atoms with Crippen LogP contribution in [0, 0.1) is 18.8 Å². The predicted molar refractivity (Wildman–Crippen MR) is 122 cm³/mol. The van der Waals surface area contributed by atoms with Crippen LogP contribution in [0.3, 0.4) is 0 Å². The maximum atomic E-state index is 13.9. The summed E-state index contributed by atoms with van der Waals surface area (Å²) in [5, 5.41) is 3.95. The topological polar surface area (TPSA) is 69.7 Å². The molecule has 6 rings (SSSR count). The van der Waals surface area contributed by atoms with E-state index in [1.54, 1.807) is 18.2 Å². The summed E-state index contributed by atoms with van der Waals surface area (Å²) in [5.74, 6) is -2.44. The highest BCUT2D eigenvalue weighted by Crippen LogP contribution is 2.61. The minimum atomic E-state index is -1.26. The molecule has 1 N–H and O–H groups in total. The summed E-state index contributed by atoms with van der Waals surface area (Å²) in [6.45, 7) is 2.55. The number of halogens is 3. The Hall–Kier alpha value is -2.12. The van der Waals surface area contributed by atoms with Gasteiger partial charge in [-0.1, -0.05) is 40.9 Å². The molecule has 0 bridgehead atoms. The molecule has 4 atom stereocenters. The molecule has 4 heterocycles. The van der Waals surface area contributed by atoms with E-state index in [1.165, 1.54) is 11.0 Å². The molecule has 32 heavy (non-hydrogen) atoms. The zero-order chi connectivity index (χ0) is 22.5. The van der Waals surface area contributed by atoms with E-state index in [2.05, 4.69) is 10.2 Å². The zero-order valence-electron chi connectivity index (χ0n) is 17.0. The number of nitrogens with zero attached hydrogens (tertiary/aromatic N) is 2. The maximum absolute atomic E-state index is 13.9. The van der Waals surface area contributed by atoms with Crippen LogP contribution in [0.25, 0.3) is 0 Å². The number of hydrogen-bond acceptors (Lipinski definition) is 4. The van der Waals surface area contributed by atoms with Crippen molar-refractivity contribution in [3.8, 4) is 0 Å². The van der Waals surface area contributed by atoms with Gasteiger partial charge in [0.05, 0.1) is 38.3 Å². The third kappa shape index (κ3) is 2.34. The number of nitrogens with one attached hydrogen (secondary N) is 1. The molecule has 0 saturated carbocycles. The van der Waals surface area contributed by atoms with Gasteiger partial charge in [0.2, 0.25) is 11.8 Å². The molecule has 4 aliphatic heterocycles. The van der Waals surface area contributed by atoms with Crippen LogP contribution in [0.15, 0.2) is 30.3 Å². The van der Waals surface area contributed by atoms with Crippen molar-refractivity contribution >= 4 is 63.9 Å². The summed E-state index contributed by atoms with van der Waals surface area (Å²) in [6, 6.07) is 8.19. The minimum absolute atomic E-state index is 0.194. The Morgan fingerprint density at radius 3 is 2.53 bits per heavy atom. The SMILES string of the molecule is Cc1cc(Cl)c2c(c1)[C@]1(C(=O)N2)[C@@H]2C(=O)N(c3ccc(Cl)c(Cl)c3)C(=O)[C@@H]2[C@H]2CCCN21. The van der Waals surface area contributed by atoms with Crippen molar-refractivity contribution in [1.29, 1.82) is 0 Å². The van der Waals surface area contributed by atoms with Gasteiger partial charge < -0.3 is 5.32 Å². The quantitative estimate of drug-likeness (QED) is 0.602. The maximum Gasteiger partial charge on any atom is 0.250 e. The number of anilines is 2. The highest BCUT2D eigenvalue weighted by molar-refractivity contribution is 6.42. The second-order valence-corrected chi connectivity index (χ2v) is 10.1. The predicted octanol–water partition coefficient (Wildman–Crippen LogP) is 4.39. The normalized spacial score (nSPS) is 30.8. The van der Waals surface area contributed by atoms with Gasteiger partial charge in [0.1, 0.15) is 5.54 Å². The second kappa shape index (κ2) is 6.70. The second-order valence-electron chi connectivity index (χ2n) is 8.91. The standard InChI is InChI=1S/C23H18Cl3N3O3/c1-10-7-12-19(15(26)8-10)27-22(32)23(12)18-17(16-3-2-6-28(16)23)20(30)29(21(18)31)11-4-5-13(24)14(25)9-11/h4-5,7-9,16-18H,2-3,6H2,1H3,(H,27,32)/t16-,17-,18+,23-/m1/s1. The van der Waals surface area contributed by atoms with E-state index in [9.17, 15) is 14.4 Å². The van der Waals surface area contributed by atoms with E-state index in [4.69, 9.17) is 34.8 Å². The summed E-state index contributed by atoms with van der Waals surface area (Å²) in [4.78, 5) is 44.5. The lowest BCUT2D eigenvalue weighted by Crippen LogP contribution is -2.54. The number of amides is 3. The van der Waals surface area contributed by atoms with E-state index in [0.29, 0.717) is 33.5 Å². The van der Waals surface area contributed by atoms with Crippen LogP contribution in [0.4, 0.5) is 11.4 Å². The Morgan fingerprint density at radius 1 is 1.00 bits per heavy atom. The lowest BCUT2D eigenvalue weighted by Gasteiger charge is -2.36. The molecular formula is C23H18Cl3N3O3. The van der Waals surface area contributed by atoms with Gasteiger partial charge in [-0.25, -0.2) is 4.90 Å². The monoisotopic (exact) mass is 489 g/mol. The third-order valence-corrected chi connectivity index (χ3v) is 8.40. The van der Waals surface area contributed by atoms with Gasteiger partial charge in [0.15, 0.2) is 0 Å². The first-order valence-corrected chi connectivity index (χ1v) is 11.6. The highest BCUT2D eigenvalue weighted by Gasteiger charge is 2.74. The van der Waals surface area contributed by atoms with Crippen LogP contribution in [-0.4, -0.2) is 35.2 Å². The Morgan fingerprint density at radius 2 is 1.78 bits per heavy atom. The number of imide groups is 1. The molecule has 0 aliphatic carbocycles. The van der Waals surface area contributed by atoms with Gasteiger partial charge in [-0.15, -0.1) is 0 Å². The highest BCUT2D eigenvalue weighted by atomic mass is 35.5. The third-order valence-electron chi connectivity index (χ3n) is 7.36. The van der Waals surface area contributed by atoms with Crippen molar-refractivity contribution in [2.24, 2.45) is 11.8 Å². The molecule has 6 nitrogen and oxygen atoms in total. The number of rotatable bonds is 1. The molecule has 4 aliphatic rings. The average Bonchev–Trinajstić information content (AvgIpc) is 3.44. The molecule has 3 saturated heterocycles. The first-order chi connectivity index (χ1) is 15.3. The summed E-state index contributed by atoms with van der Waals surface area (Å²) in [7, 11) is 0. The molecule has 164 valence electrons. The van der Waals surface area contributed by atoms with E-state index >= 15 is 0 Å². The Balaban J connectivity index is 1.57. The lowest BCUT2D eigenvalue weighted by atomic mass is 9.75. The van der Waals surface area contributed by atoms with E-state index in [-0.39, 0.29) is 22.9 Å². The first kappa shape index (κ1) is 20.5. The zero-order valence-corrected chi connectivity index (χ0v) is 19.3. The summed E-state index contributed by atoms with van der Waals surface area (Å²) in [5.41, 5.74) is 1.21. The van der Waals surface area contributed by atoms with Gasteiger partial charge in [-0.2, -0.15) is 0 Å². The number of aryl methyl sites for hydroxylation is 1. The van der Waals surface area contributed by atoms with Crippen LogP contribution in [0.1, 0.15) is 24.0 Å². The summed E-state index contributed by atoms with van der Waals surface area (Å²) < 4.78 is 0. The van der Waals surface area contributed by atoms with Gasteiger partial charge >= 0.3 is 0 Å². The first-order valence-electron chi connectivity index (χ1n) is 10.5. The van der Waals surface area contributed by atoms with Gasteiger partial charge in [0, 0.05) is 11.6 Å². The van der Waals surface area contributed by atoms with Crippen molar-refractivity contribution in [3.63, 3.8) is 0 Å². The Bertz CT molecular complexity index is 1250. The fourth-order valence-electron chi connectivity index (χ4n) is 6.27. The number of fused-ring (bicyclic) bond motifs is 7. The number of carbonyl (C=O) groups is 3. The fourth-order valence-corrected chi connectivity index (χ4v) is 6.89. The largest absolute Gasteiger partial charge is 0.323 e. The number of hydrogen-bond donors (Lipinski definition) is 1. The summed E-state index contributed by atoms with van der Waals surface area (Å²) >= 11 is 18.7. The Labute approximate surface area is 199 Å². The van der Waals surface area contributed by atoms with E-state index in [0.717, 1.165) is 18.4 Å². The molecule has 2 aromatic carbocycles. The van der Waals surface area contributed by atoms with Crippen molar-refractivity contribution < 1.29 is 14.4 Å². The molecule has 3 fully saturated rings.